The van der Waals surface area contributed by atoms with Gasteiger partial charge >= 0.3 is 0 Å². The molecule has 0 bridgehead atoms. The van der Waals surface area contributed by atoms with Crippen LogP contribution in [0.25, 0.3) is 5.57 Å². The van der Waals surface area contributed by atoms with E-state index in [1.807, 2.05) is 54.4 Å². The minimum absolute atomic E-state index is 0.227. The summed E-state index contributed by atoms with van der Waals surface area (Å²) in [6.07, 6.45) is 1.94. The minimum atomic E-state index is -0.240. The molecule has 4 rings (SSSR count). The van der Waals surface area contributed by atoms with Gasteiger partial charge in [0.2, 0.25) is 0 Å². The first kappa shape index (κ1) is 20.6. The summed E-state index contributed by atoms with van der Waals surface area (Å²) >= 11 is 5.98. The lowest BCUT2D eigenvalue weighted by molar-refractivity contribution is -0.138. The molecule has 30 heavy (non-hydrogen) atoms. The van der Waals surface area contributed by atoms with Gasteiger partial charge in [-0.05, 0) is 56.2 Å². The average Bonchev–Trinajstić information content (AvgIpc) is 3.00. The lowest BCUT2D eigenvalue weighted by Gasteiger charge is -2.36. The zero-order valence-electron chi connectivity index (χ0n) is 17.3. The zero-order valence-corrected chi connectivity index (χ0v) is 18.1. The summed E-state index contributed by atoms with van der Waals surface area (Å²) < 4.78 is 0. The molecule has 156 valence electrons. The van der Waals surface area contributed by atoms with Gasteiger partial charge in [0.15, 0.2) is 0 Å². The molecule has 0 N–H and O–H groups in total. The standard InChI is InChI=1S/C24H26ClN3O2/c1-26-14-12-20(13-15-26)27(2)22-21(18-6-4-3-5-7-18)23(29)28(24(22)30)16-17-8-10-19(25)11-9-17/h3-11,20H,12-16H2,1-2H3. The van der Waals surface area contributed by atoms with Crippen molar-refractivity contribution in [1.29, 1.82) is 0 Å². The molecule has 2 aliphatic rings. The second-order valence-corrected chi connectivity index (χ2v) is 8.49. The van der Waals surface area contributed by atoms with Crippen molar-refractivity contribution in [3.05, 3.63) is 76.4 Å². The van der Waals surface area contributed by atoms with E-state index in [1.165, 1.54) is 4.90 Å². The second-order valence-electron chi connectivity index (χ2n) is 8.06. The number of imide groups is 1. The van der Waals surface area contributed by atoms with Crippen molar-refractivity contribution >= 4 is 29.0 Å². The summed E-state index contributed by atoms with van der Waals surface area (Å²) in [4.78, 5) is 32.6. The number of nitrogens with zero attached hydrogens (tertiary/aromatic N) is 3. The van der Waals surface area contributed by atoms with Crippen molar-refractivity contribution in [1.82, 2.24) is 14.7 Å². The van der Waals surface area contributed by atoms with Crippen LogP contribution in [0.3, 0.4) is 0 Å². The summed E-state index contributed by atoms with van der Waals surface area (Å²) in [5.41, 5.74) is 2.66. The minimum Gasteiger partial charge on any atom is -0.366 e. The van der Waals surface area contributed by atoms with Crippen LogP contribution < -0.4 is 0 Å². The fraction of sp³-hybridized carbons (Fsp3) is 0.333. The number of rotatable bonds is 5. The van der Waals surface area contributed by atoms with Gasteiger partial charge in [0.05, 0.1) is 12.1 Å². The number of hydrogen-bond donors (Lipinski definition) is 0. The highest BCUT2D eigenvalue weighted by Crippen LogP contribution is 2.34. The van der Waals surface area contributed by atoms with Gasteiger partial charge < -0.3 is 9.80 Å². The number of benzene rings is 2. The molecule has 2 aliphatic heterocycles. The summed E-state index contributed by atoms with van der Waals surface area (Å²) in [5, 5.41) is 0.628. The van der Waals surface area contributed by atoms with E-state index in [2.05, 4.69) is 11.9 Å². The Bertz CT molecular complexity index is 964. The van der Waals surface area contributed by atoms with Gasteiger partial charge in [-0.1, -0.05) is 54.1 Å². The molecule has 6 heteroatoms. The number of piperidine rings is 1. The van der Waals surface area contributed by atoms with Gasteiger partial charge in [-0.2, -0.15) is 0 Å². The van der Waals surface area contributed by atoms with Crippen molar-refractivity contribution in [3.8, 4) is 0 Å². The fourth-order valence-electron chi connectivity index (χ4n) is 4.24. The molecular formula is C24H26ClN3O2. The number of amides is 2. The Morgan fingerprint density at radius 2 is 1.60 bits per heavy atom. The Morgan fingerprint density at radius 3 is 2.23 bits per heavy atom. The van der Waals surface area contributed by atoms with Crippen molar-refractivity contribution in [2.24, 2.45) is 0 Å². The summed E-state index contributed by atoms with van der Waals surface area (Å²) in [6, 6.07) is 17.0. The second kappa shape index (κ2) is 8.62. The maximum absolute atomic E-state index is 13.5. The van der Waals surface area contributed by atoms with Crippen LogP contribution in [-0.2, 0) is 16.1 Å². The molecule has 0 aromatic heterocycles. The van der Waals surface area contributed by atoms with Crippen molar-refractivity contribution in [2.45, 2.75) is 25.4 Å². The van der Waals surface area contributed by atoms with E-state index in [0.717, 1.165) is 37.1 Å². The van der Waals surface area contributed by atoms with Gasteiger partial charge in [0, 0.05) is 18.1 Å². The van der Waals surface area contributed by atoms with Crippen molar-refractivity contribution in [3.63, 3.8) is 0 Å². The van der Waals surface area contributed by atoms with Crippen LogP contribution in [0.5, 0.6) is 0 Å². The molecule has 2 aromatic rings. The first-order valence-electron chi connectivity index (χ1n) is 10.3. The van der Waals surface area contributed by atoms with E-state index in [9.17, 15) is 9.59 Å². The molecule has 2 aromatic carbocycles. The van der Waals surface area contributed by atoms with E-state index in [-0.39, 0.29) is 24.4 Å². The largest absolute Gasteiger partial charge is 0.366 e. The number of carbonyl (C=O) groups excluding carboxylic acids is 2. The third kappa shape index (κ3) is 4.00. The molecule has 0 atom stereocenters. The predicted octanol–water partition coefficient (Wildman–Crippen LogP) is 3.65. The Kier molecular flexibility index (Phi) is 5.93. The Morgan fingerprint density at radius 1 is 0.967 bits per heavy atom. The van der Waals surface area contributed by atoms with Crippen LogP contribution in [0.4, 0.5) is 0 Å². The van der Waals surface area contributed by atoms with Crippen LogP contribution in [-0.4, -0.2) is 59.7 Å². The molecule has 1 fully saturated rings. The molecule has 0 saturated carbocycles. The molecule has 1 saturated heterocycles. The Hall–Kier alpha value is -2.63. The highest BCUT2D eigenvalue weighted by atomic mass is 35.5. The van der Waals surface area contributed by atoms with Gasteiger partial charge in [0.1, 0.15) is 5.70 Å². The van der Waals surface area contributed by atoms with Crippen LogP contribution in [0.2, 0.25) is 5.02 Å². The molecule has 5 nitrogen and oxygen atoms in total. The van der Waals surface area contributed by atoms with Gasteiger partial charge in [-0.15, -0.1) is 0 Å². The van der Waals surface area contributed by atoms with E-state index in [0.29, 0.717) is 16.3 Å². The topological polar surface area (TPSA) is 43.9 Å². The number of halogens is 1. The smallest absolute Gasteiger partial charge is 0.278 e. The third-order valence-corrected chi connectivity index (χ3v) is 6.30. The van der Waals surface area contributed by atoms with Gasteiger partial charge in [0.25, 0.3) is 11.8 Å². The highest BCUT2D eigenvalue weighted by molar-refractivity contribution is 6.35. The first-order valence-corrected chi connectivity index (χ1v) is 10.6. The normalized spacial score (nSPS) is 18.4. The van der Waals surface area contributed by atoms with Crippen LogP contribution in [0.15, 0.2) is 60.3 Å². The summed E-state index contributed by atoms with van der Waals surface area (Å²) in [7, 11) is 4.06. The Labute approximate surface area is 182 Å². The monoisotopic (exact) mass is 423 g/mol. The molecular weight excluding hydrogens is 398 g/mol. The van der Waals surface area contributed by atoms with Crippen molar-refractivity contribution in [2.75, 3.05) is 27.2 Å². The average molecular weight is 424 g/mol. The number of carbonyl (C=O) groups is 2. The lowest BCUT2D eigenvalue weighted by Crippen LogP contribution is -2.43. The zero-order chi connectivity index (χ0) is 21.3. The maximum atomic E-state index is 13.5. The van der Waals surface area contributed by atoms with Gasteiger partial charge in [-0.25, -0.2) is 0 Å². The molecule has 0 unspecified atom stereocenters. The van der Waals surface area contributed by atoms with Crippen LogP contribution in [0, 0.1) is 0 Å². The fourth-order valence-corrected chi connectivity index (χ4v) is 4.36. The lowest BCUT2D eigenvalue weighted by atomic mass is 10.0. The quantitative estimate of drug-likeness (QED) is 0.688. The Balaban J connectivity index is 1.68. The number of hydrogen-bond acceptors (Lipinski definition) is 4. The van der Waals surface area contributed by atoms with E-state index in [4.69, 9.17) is 11.6 Å². The van der Waals surface area contributed by atoms with Gasteiger partial charge in [-0.3, -0.25) is 14.5 Å². The number of likely N-dealkylation sites (tertiary alicyclic amines) is 1. The predicted molar refractivity (Wildman–Crippen MR) is 119 cm³/mol. The SMILES string of the molecule is CN1CCC(N(C)C2=C(c3ccccc3)C(=O)N(Cc3ccc(Cl)cc3)C2=O)CC1. The van der Waals surface area contributed by atoms with E-state index in [1.54, 1.807) is 12.1 Å². The van der Waals surface area contributed by atoms with Crippen LogP contribution in [0.1, 0.15) is 24.0 Å². The van der Waals surface area contributed by atoms with Crippen molar-refractivity contribution < 1.29 is 9.59 Å². The van der Waals surface area contributed by atoms with Crippen LogP contribution >= 0.6 is 11.6 Å². The summed E-state index contributed by atoms with van der Waals surface area (Å²) in [6.45, 7) is 2.20. The molecule has 0 spiro atoms. The molecule has 0 aliphatic carbocycles. The molecule has 2 amide bonds. The number of likely N-dealkylation sites (N-methyl/N-ethyl adjacent to an activating group) is 1. The summed E-state index contributed by atoms with van der Waals surface area (Å²) in [5.74, 6) is -0.467. The van der Waals surface area contributed by atoms with E-state index >= 15 is 0 Å². The maximum Gasteiger partial charge on any atom is 0.278 e. The highest BCUT2D eigenvalue weighted by Gasteiger charge is 2.42. The first-order chi connectivity index (χ1) is 14.5. The van der Waals surface area contributed by atoms with E-state index < -0.39 is 0 Å². The third-order valence-electron chi connectivity index (χ3n) is 6.05. The molecule has 0 radical (unpaired) electrons. The molecule has 2 heterocycles.